The second-order valence-corrected chi connectivity index (χ2v) is 9.37. The summed E-state index contributed by atoms with van der Waals surface area (Å²) in [5, 5.41) is 3.91. The second-order valence-electron chi connectivity index (χ2n) is 7.51. The highest BCUT2D eigenvalue weighted by atomic mass is 32.2. The summed E-state index contributed by atoms with van der Waals surface area (Å²) in [6.45, 7) is 3.95. The van der Waals surface area contributed by atoms with Gasteiger partial charge in [-0.1, -0.05) is 24.6 Å². The highest BCUT2D eigenvalue weighted by Crippen LogP contribution is 2.24. The van der Waals surface area contributed by atoms with Gasteiger partial charge in [-0.05, 0) is 79.6 Å². The van der Waals surface area contributed by atoms with E-state index >= 15 is 0 Å². The number of halogens is 1. The molecule has 0 saturated heterocycles. The molecule has 0 heterocycles. The molecule has 0 aromatic heterocycles. The summed E-state index contributed by atoms with van der Waals surface area (Å²) >= 11 is 0. The van der Waals surface area contributed by atoms with Crippen LogP contribution in [0.25, 0.3) is 0 Å². The van der Waals surface area contributed by atoms with E-state index in [9.17, 15) is 17.6 Å². The number of benzene rings is 3. The molecule has 3 aromatic rings. The maximum absolute atomic E-state index is 13.4. The Morgan fingerprint density at radius 3 is 2.29 bits per heavy atom. The van der Waals surface area contributed by atoms with Crippen LogP contribution in [0.15, 0.2) is 82.8 Å². The maximum Gasteiger partial charge on any atom is 0.264 e. The number of hydrogen-bond donors (Lipinski definition) is 1. The molecule has 0 saturated carbocycles. The van der Waals surface area contributed by atoms with E-state index in [1.165, 1.54) is 30.5 Å². The van der Waals surface area contributed by atoms with E-state index in [1.807, 2.05) is 13.8 Å². The van der Waals surface area contributed by atoms with Gasteiger partial charge in [0, 0.05) is 0 Å². The predicted octanol–water partition coefficient (Wildman–Crippen LogP) is 4.27. The van der Waals surface area contributed by atoms with Crippen LogP contribution in [0.1, 0.15) is 24.5 Å². The SMILES string of the molecule is CCCOc1ccc(/C=N\NC(=O)CN(c2ccc(F)cc2)S(=O)(=O)c2ccc(C)cc2)cc1. The Morgan fingerprint density at radius 1 is 1.03 bits per heavy atom. The van der Waals surface area contributed by atoms with E-state index < -0.39 is 28.3 Å². The number of amides is 1. The van der Waals surface area contributed by atoms with Crippen LogP contribution >= 0.6 is 0 Å². The number of hydrazone groups is 1. The molecule has 0 aliphatic rings. The van der Waals surface area contributed by atoms with Crippen molar-refractivity contribution in [1.82, 2.24) is 5.43 Å². The third-order valence-electron chi connectivity index (χ3n) is 4.77. The topological polar surface area (TPSA) is 88.1 Å². The minimum atomic E-state index is -4.08. The van der Waals surface area contributed by atoms with Crippen molar-refractivity contribution in [3.05, 3.63) is 89.7 Å². The van der Waals surface area contributed by atoms with Crippen molar-refractivity contribution in [2.75, 3.05) is 17.5 Å². The van der Waals surface area contributed by atoms with Gasteiger partial charge in [-0.15, -0.1) is 0 Å². The smallest absolute Gasteiger partial charge is 0.264 e. The Morgan fingerprint density at radius 2 is 1.68 bits per heavy atom. The molecule has 0 aliphatic heterocycles. The van der Waals surface area contributed by atoms with Crippen molar-refractivity contribution < 1.29 is 22.3 Å². The lowest BCUT2D eigenvalue weighted by molar-refractivity contribution is -0.119. The Hall–Kier alpha value is -3.72. The number of sulfonamides is 1. The summed E-state index contributed by atoms with van der Waals surface area (Å²) < 4.78 is 46.4. The molecular weight excluding hydrogens is 457 g/mol. The van der Waals surface area contributed by atoms with E-state index in [1.54, 1.807) is 36.4 Å². The summed E-state index contributed by atoms with van der Waals surface area (Å²) in [5.41, 5.74) is 4.12. The number of rotatable bonds is 10. The van der Waals surface area contributed by atoms with E-state index in [2.05, 4.69) is 10.5 Å². The fraction of sp³-hybridized carbons (Fsp3) is 0.200. The largest absolute Gasteiger partial charge is 0.494 e. The molecule has 34 heavy (non-hydrogen) atoms. The van der Waals surface area contributed by atoms with Crippen LogP contribution < -0.4 is 14.5 Å². The zero-order chi connectivity index (χ0) is 24.6. The van der Waals surface area contributed by atoms with Crippen LogP contribution in [0, 0.1) is 12.7 Å². The van der Waals surface area contributed by atoms with Crippen LogP contribution in [0.5, 0.6) is 5.75 Å². The number of carbonyl (C=O) groups excluding carboxylic acids is 1. The maximum atomic E-state index is 13.4. The first-order valence-electron chi connectivity index (χ1n) is 10.7. The van der Waals surface area contributed by atoms with Crippen LogP contribution in [0.3, 0.4) is 0 Å². The lowest BCUT2D eigenvalue weighted by atomic mass is 10.2. The number of aryl methyl sites for hydroxylation is 1. The minimum Gasteiger partial charge on any atom is -0.494 e. The van der Waals surface area contributed by atoms with E-state index in [4.69, 9.17) is 4.74 Å². The Kier molecular flexibility index (Phi) is 8.37. The van der Waals surface area contributed by atoms with Crippen LogP contribution in [-0.2, 0) is 14.8 Å². The number of nitrogens with one attached hydrogen (secondary N) is 1. The number of hydrogen-bond acceptors (Lipinski definition) is 5. The lowest BCUT2D eigenvalue weighted by Gasteiger charge is -2.23. The summed E-state index contributed by atoms with van der Waals surface area (Å²) in [6.07, 6.45) is 2.35. The van der Waals surface area contributed by atoms with Gasteiger partial charge in [-0.3, -0.25) is 9.10 Å². The van der Waals surface area contributed by atoms with Crippen LogP contribution in [0.2, 0.25) is 0 Å². The first-order valence-corrected chi connectivity index (χ1v) is 12.1. The fourth-order valence-corrected chi connectivity index (χ4v) is 4.40. The summed E-state index contributed by atoms with van der Waals surface area (Å²) in [6, 6.07) is 18.3. The molecule has 0 fully saturated rings. The second kappa shape index (κ2) is 11.4. The van der Waals surface area contributed by atoms with Gasteiger partial charge < -0.3 is 4.74 Å². The van der Waals surface area contributed by atoms with Crippen molar-refractivity contribution in [2.45, 2.75) is 25.2 Å². The molecule has 0 radical (unpaired) electrons. The highest BCUT2D eigenvalue weighted by Gasteiger charge is 2.27. The Labute approximate surface area is 198 Å². The monoisotopic (exact) mass is 483 g/mol. The lowest BCUT2D eigenvalue weighted by Crippen LogP contribution is -2.39. The van der Waals surface area contributed by atoms with Crippen molar-refractivity contribution in [3.63, 3.8) is 0 Å². The number of carbonyl (C=O) groups is 1. The van der Waals surface area contributed by atoms with Gasteiger partial charge in [0.1, 0.15) is 18.1 Å². The van der Waals surface area contributed by atoms with Gasteiger partial charge >= 0.3 is 0 Å². The molecule has 1 N–H and O–H groups in total. The van der Waals surface area contributed by atoms with Crippen molar-refractivity contribution in [2.24, 2.45) is 5.10 Å². The number of anilines is 1. The van der Waals surface area contributed by atoms with Crippen LogP contribution in [-0.4, -0.2) is 33.7 Å². The molecule has 0 atom stereocenters. The molecular formula is C25H26FN3O4S. The zero-order valence-electron chi connectivity index (χ0n) is 18.9. The van der Waals surface area contributed by atoms with Crippen LogP contribution in [0.4, 0.5) is 10.1 Å². The molecule has 0 bridgehead atoms. The van der Waals surface area contributed by atoms with Gasteiger partial charge in [-0.2, -0.15) is 5.10 Å². The number of ether oxygens (including phenoxy) is 1. The molecule has 1 amide bonds. The molecule has 3 aromatic carbocycles. The van der Waals surface area contributed by atoms with E-state index in [0.717, 1.165) is 39.7 Å². The third kappa shape index (κ3) is 6.64. The highest BCUT2D eigenvalue weighted by molar-refractivity contribution is 7.92. The zero-order valence-corrected chi connectivity index (χ0v) is 19.8. The molecule has 3 rings (SSSR count). The average Bonchev–Trinajstić information content (AvgIpc) is 2.83. The van der Waals surface area contributed by atoms with Gasteiger partial charge in [0.25, 0.3) is 15.9 Å². The molecule has 0 unspecified atom stereocenters. The van der Waals surface area contributed by atoms with Gasteiger partial charge in [0.15, 0.2) is 0 Å². The van der Waals surface area contributed by atoms with Gasteiger partial charge in [-0.25, -0.2) is 18.2 Å². The molecule has 7 nitrogen and oxygen atoms in total. The molecule has 178 valence electrons. The predicted molar refractivity (Wildman–Crippen MR) is 130 cm³/mol. The summed E-state index contributed by atoms with van der Waals surface area (Å²) in [5.74, 6) is -0.435. The van der Waals surface area contributed by atoms with Gasteiger partial charge in [0.2, 0.25) is 0 Å². The summed E-state index contributed by atoms with van der Waals surface area (Å²) in [4.78, 5) is 12.6. The average molecular weight is 484 g/mol. The quantitative estimate of drug-likeness (QED) is 0.345. The Balaban J connectivity index is 1.74. The van der Waals surface area contributed by atoms with Gasteiger partial charge in [0.05, 0.1) is 23.4 Å². The van der Waals surface area contributed by atoms with Crippen molar-refractivity contribution in [3.8, 4) is 5.75 Å². The minimum absolute atomic E-state index is 0.0177. The molecule has 0 aliphatic carbocycles. The standard InChI is InChI=1S/C25H26FN3O4S/c1-3-16-33-23-12-6-20(7-13-23)17-27-28-25(30)18-29(22-10-8-21(26)9-11-22)34(31,32)24-14-4-19(2)5-15-24/h4-15,17H,3,16,18H2,1-2H3,(H,28,30)/b27-17-. The summed E-state index contributed by atoms with van der Waals surface area (Å²) in [7, 11) is -4.08. The third-order valence-corrected chi connectivity index (χ3v) is 6.55. The fourth-order valence-electron chi connectivity index (χ4n) is 2.97. The van der Waals surface area contributed by atoms with E-state index in [0.29, 0.717) is 6.61 Å². The van der Waals surface area contributed by atoms with E-state index in [-0.39, 0.29) is 10.6 Å². The molecule has 0 spiro atoms. The Bertz CT molecular complexity index is 1230. The van der Waals surface area contributed by atoms with Crippen molar-refractivity contribution >= 4 is 27.8 Å². The first kappa shape index (κ1) is 24.9. The molecule has 9 heteroatoms. The van der Waals surface area contributed by atoms with Crippen molar-refractivity contribution in [1.29, 1.82) is 0 Å². The number of nitrogens with zero attached hydrogens (tertiary/aromatic N) is 2. The first-order chi connectivity index (χ1) is 16.3. The normalized spacial score (nSPS) is 11.4.